The van der Waals surface area contributed by atoms with Gasteiger partial charge in [0.25, 0.3) is 0 Å². The smallest absolute Gasteiger partial charge is 0.348 e. The molecule has 7 heteroatoms. The number of rotatable bonds is 3. The SMILES string of the molecule is O=c1ncc([N+](=O)[O-])cn1CC1CO1. The van der Waals surface area contributed by atoms with Crippen LogP contribution in [0.25, 0.3) is 0 Å². The van der Waals surface area contributed by atoms with E-state index in [9.17, 15) is 14.9 Å². The molecule has 0 aromatic carbocycles. The van der Waals surface area contributed by atoms with Crippen LogP contribution in [0, 0.1) is 10.1 Å². The van der Waals surface area contributed by atoms with E-state index in [2.05, 4.69) is 4.98 Å². The Morgan fingerprint density at radius 1 is 1.79 bits per heavy atom. The minimum absolute atomic E-state index is 0.00324. The van der Waals surface area contributed by atoms with Crippen LogP contribution in [0.5, 0.6) is 0 Å². The van der Waals surface area contributed by atoms with Gasteiger partial charge in [-0.3, -0.25) is 14.7 Å². The normalized spacial score (nSPS) is 19.3. The molecule has 0 spiro atoms. The molecule has 0 amide bonds. The molecule has 2 rings (SSSR count). The van der Waals surface area contributed by atoms with Crippen LogP contribution in [0.2, 0.25) is 0 Å². The Morgan fingerprint density at radius 2 is 2.50 bits per heavy atom. The van der Waals surface area contributed by atoms with Crippen molar-refractivity contribution in [2.45, 2.75) is 12.6 Å². The van der Waals surface area contributed by atoms with Crippen LogP contribution < -0.4 is 5.69 Å². The quantitative estimate of drug-likeness (QED) is 0.372. The molecule has 0 saturated carbocycles. The van der Waals surface area contributed by atoms with E-state index in [1.165, 1.54) is 10.8 Å². The van der Waals surface area contributed by atoms with Gasteiger partial charge in [0.05, 0.1) is 30.4 Å². The molecule has 0 N–H and O–H groups in total. The second-order valence-corrected chi connectivity index (χ2v) is 2.96. The van der Waals surface area contributed by atoms with Gasteiger partial charge in [-0.25, -0.2) is 4.79 Å². The number of aromatic nitrogens is 2. The highest BCUT2D eigenvalue weighted by Gasteiger charge is 2.24. The van der Waals surface area contributed by atoms with Gasteiger partial charge in [0.1, 0.15) is 6.20 Å². The zero-order valence-corrected chi connectivity index (χ0v) is 7.12. The predicted octanol–water partition coefficient (Wildman–Crippen LogP) is -0.450. The van der Waals surface area contributed by atoms with E-state index < -0.39 is 10.6 Å². The first-order valence-electron chi connectivity index (χ1n) is 3.99. The largest absolute Gasteiger partial charge is 0.371 e. The first-order valence-corrected chi connectivity index (χ1v) is 3.99. The molecule has 7 nitrogen and oxygen atoms in total. The fourth-order valence-corrected chi connectivity index (χ4v) is 1.06. The summed E-state index contributed by atoms with van der Waals surface area (Å²) in [6.07, 6.45) is 2.13. The third kappa shape index (κ3) is 1.77. The van der Waals surface area contributed by atoms with Crippen LogP contribution in [-0.4, -0.2) is 27.2 Å². The van der Waals surface area contributed by atoms with Gasteiger partial charge in [-0.1, -0.05) is 0 Å². The van der Waals surface area contributed by atoms with Gasteiger partial charge in [0.2, 0.25) is 0 Å². The fourth-order valence-electron chi connectivity index (χ4n) is 1.06. The first kappa shape index (κ1) is 8.82. The van der Waals surface area contributed by atoms with Crippen LogP contribution in [0.15, 0.2) is 17.2 Å². The standard InChI is InChI=1S/C7H7N3O4/c11-7-8-1-5(10(12)13)2-9(7)3-6-4-14-6/h1-2,6H,3-4H2. The highest BCUT2D eigenvalue weighted by Crippen LogP contribution is 2.12. The molecule has 1 aromatic heterocycles. The van der Waals surface area contributed by atoms with Crippen LogP contribution >= 0.6 is 0 Å². The van der Waals surface area contributed by atoms with Crippen molar-refractivity contribution >= 4 is 5.69 Å². The average Bonchev–Trinajstić information content (AvgIpc) is 2.92. The molecule has 1 aliphatic heterocycles. The highest BCUT2D eigenvalue weighted by molar-refractivity contribution is 5.20. The summed E-state index contributed by atoms with van der Waals surface area (Å²) in [7, 11) is 0. The van der Waals surface area contributed by atoms with E-state index in [-0.39, 0.29) is 11.8 Å². The topological polar surface area (TPSA) is 90.6 Å². The lowest BCUT2D eigenvalue weighted by Crippen LogP contribution is -2.24. The Morgan fingerprint density at radius 3 is 3.07 bits per heavy atom. The molecule has 0 radical (unpaired) electrons. The summed E-state index contributed by atoms with van der Waals surface area (Å²) in [6.45, 7) is 0.919. The van der Waals surface area contributed by atoms with Crippen LogP contribution in [0.4, 0.5) is 5.69 Å². The number of hydrogen-bond acceptors (Lipinski definition) is 5. The van der Waals surface area contributed by atoms with Crippen molar-refractivity contribution in [1.82, 2.24) is 9.55 Å². The van der Waals surface area contributed by atoms with Crippen LogP contribution in [0.3, 0.4) is 0 Å². The summed E-state index contributed by atoms with van der Waals surface area (Å²) in [5.74, 6) is 0. The molecule has 1 fully saturated rings. The van der Waals surface area contributed by atoms with Crippen LogP contribution in [0.1, 0.15) is 0 Å². The summed E-state index contributed by atoms with van der Waals surface area (Å²) in [5, 5.41) is 10.4. The number of nitro groups is 1. The van der Waals surface area contributed by atoms with E-state index in [0.717, 1.165) is 6.20 Å². The number of nitrogens with zero attached hydrogens (tertiary/aromatic N) is 3. The van der Waals surface area contributed by atoms with E-state index in [1.807, 2.05) is 0 Å². The molecule has 1 aromatic rings. The fraction of sp³-hybridized carbons (Fsp3) is 0.429. The predicted molar refractivity (Wildman–Crippen MR) is 44.9 cm³/mol. The molecule has 1 atom stereocenters. The van der Waals surface area contributed by atoms with Crippen molar-refractivity contribution in [3.05, 3.63) is 33.0 Å². The summed E-state index contributed by atoms with van der Waals surface area (Å²) < 4.78 is 6.10. The molecular weight excluding hydrogens is 190 g/mol. The van der Waals surface area contributed by atoms with Gasteiger partial charge in [-0.15, -0.1) is 0 Å². The van der Waals surface area contributed by atoms with Crippen molar-refractivity contribution < 1.29 is 9.66 Å². The Labute approximate surface area is 78.1 Å². The van der Waals surface area contributed by atoms with Crippen LogP contribution in [-0.2, 0) is 11.3 Å². The minimum atomic E-state index is -0.587. The van der Waals surface area contributed by atoms with Crippen molar-refractivity contribution in [2.24, 2.45) is 0 Å². The summed E-state index contributed by atoms with van der Waals surface area (Å²) >= 11 is 0. The second kappa shape index (κ2) is 3.18. The third-order valence-corrected chi connectivity index (χ3v) is 1.85. The Bertz CT molecular complexity index is 423. The van der Waals surface area contributed by atoms with Crippen molar-refractivity contribution in [2.75, 3.05) is 6.61 Å². The average molecular weight is 197 g/mol. The number of ether oxygens (including phenoxy) is 1. The van der Waals surface area contributed by atoms with E-state index in [0.29, 0.717) is 13.2 Å². The summed E-state index contributed by atoms with van der Waals surface area (Å²) in [6, 6.07) is 0. The highest BCUT2D eigenvalue weighted by atomic mass is 16.6. The van der Waals surface area contributed by atoms with Gasteiger partial charge in [-0.2, -0.15) is 4.98 Å². The summed E-state index contributed by atoms with van der Waals surface area (Å²) in [4.78, 5) is 24.3. The van der Waals surface area contributed by atoms with Gasteiger partial charge in [0.15, 0.2) is 0 Å². The van der Waals surface area contributed by atoms with E-state index >= 15 is 0 Å². The first-order chi connectivity index (χ1) is 6.66. The Balaban J connectivity index is 2.31. The third-order valence-electron chi connectivity index (χ3n) is 1.85. The minimum Gasteiger partial charge on any atom is -0.371 e. The molecule has 1 unspecified atom stereocenters. The lowest BCUT2D eigenvalue weighted by molar-refractivity contribution is -0.385. The van der Waals surface area contributed by atoms with E-state index in [4.69, 9.17) is 4.74 Å². The van der Waals surface area contributed by atoms with Crippen molar-refractivity contribution in [3.63, 3.8) is 0 Å². The molecule has 1 aliphatic rings. The molecule has 0 aliphatic carbocycles. The van der Waals surface area contributed by atoms with Gasteiger partial charge >= 0.3 is 11.4 Å². The molecule has 14 heavy (non-hydrogen) atoms. The zero-order chi connectivity index (χ0) is 10.1. The molecule has 74 valence electrons. The van der Waals surface area contributed by atoms with Crippen molar-refractivity contribution in [3.8, 4) is 0 Å². The number of epoxide rings is 1. The number of hydrogen-bond donors (Lipinski definition) is 0. The van der Waals surface area contributed by atoms with Gasteiger partial charge < -0.3 is 4.74 Å². The molecule has 0 bridgehead atoms. The zero-order valence-electron chi connectivity index (χ0n) is 7.12. The molecule has 1 saturated heterocycles. The lowest BCUT2D eigenvalue weighted by Gasteiger charge is -2.00. The van der Waals surface area contributed by atoms with Crippen molar-refractivity contribution in [1.29, 1.82) is 0 Å². The Kier molecular flexibility index (Phi) is 2.01. The second-order valence-electron chi connectivity index (χ2n) is 2.96. The lowest BCUT2D eigenvalue weighted by atomic mass is 10.4. The maximum atomic E-state index is 11.1. The molecule has 2 heterocycles. The molecular formula is C7H7N3O4. The monoisotopic (exact) mass is 197 g/mol. The summed E-state index contributed by atoms with van der Waals surface area (Å²) in [5.41, 5.74) is -0.684. The maximum absolute atomic E-state index is 11.1. The Hall–Kier alpha value is -1.76. The van der Waals surface area contributed by atoms with E-state index in [1.54, 1.807) is 0 Å². The van der Waals surface area contributed by atoms with Gasteiger partial charge in [0, 0.05) is 0 Å². The maximum Gasteiger partial charge on any atom is 0.348 e. The van der Waals surface area contributed by atoms with Gasteiger partial charge in [-0.05, 0) is 0 Å².